The Bertz CT molecular complexity index is 769. The smallest absolute Gasteiger partial charge is 0.264 e. The highest BCUT2D eigenvalue weighted by Gasteiger charge is 2.24. The van der Waals surface area contributed by atoms with Crippen molar-refractivity contribution in [3.05, 3.63) is 22.9 Å². The molecule has 7 nitrogen and oxygen atoms in total. The third-order valence-electron chi connectivity index (χ3n) is 3.68. The maximum absolute atomic E-state index is 11.1. The van der Waals surface area contributed by atoms with Crippen LogP contribution in [0.4, 0.5) is 5.95 Å². The molecule has 22 heavy (non-hydrogen) atoms. The second-order valence-corrected chi connectivity index (χ2v) is 7.95. The summed E-state index contributed by atoms with van der Waals surface area (Å²) in [6.45, 7) is 0. The zero-order valence-electron chi connectivity index (χ0n) is 12.1. The molecule has 0 radical (unpaired) electrons. The van der Waals surface area contributed by atoms with Gasteiger partial charge in [-0.25, -0.2) is 9.50 Å². The van der Waals surface area contributed by atoms with Crippen LogP contribution in [-0.4, -0.2) is 41.4 Å². The minimum atomic E-state index is -3.37. The van der Waals surface area contributed by atoms with Gasteiger partial charge in [0.15, 0.2) is 0 Å². The van der Waals surface area contributed by atoms with Gasteiger partial charge in [0, 0.05) is 16.7 Å². The topological polar surface area (TPSA) is 85.6 Å². The molecule has 0 bridgehead atoms. The Morgan fingerprint density at radius 3 is 2.77 bits per heavy atom. The number of halogens is 1. The molecule has 1 N–H and O–H groups in total. The molecule has 1 fully saturated rings. The zero-order valence-corrected chi connectivity index (χ0v) is 14.5. The second kappa shape index (κ2) is 6.13. The Hall–Kier alpha value is -1.19. The van der Waals surface area contributed by atoms with E-state index < -0.39 is 10.1 Å². The van der Waals surface area contributed by atoms with Crippen molar-refractivity contribution in [2.45, 2.75) is 37.8 Å². The fraction of sp³-hybridized carbons (Fsp3) is 0.538. The average molecular weight is 389 g/mol. The predicted octanol–water partition coefficient (Wildman–Crippen LogP) is 2.19. The Morgan fingerprint density at radius 1 is 1.36 bits per heavy atom. The van der Waals surface area contributed by atoms with Crippen LogP contribution in [0.3, 0.4) is 0 Å². The van der Waals surface area contributed by atoms with Crippen LogP contribution < -0.4 is 5.32 Å². The number of nitrogens with zero attached hydrogens (tertiary/aromatic N) is 3. The quantitative estimate of drug-likeness (QED) is 0.807. The van der Waals surface area contributed by atoms with Gasteiger partial charge in [-0.3, -0.25) is 4.18 Å². The van der Waals surface area contributed by atoms with E-state index in [1.165, 1.54) is 0 Å². The SMILES string of the molecule is CS(=O)(=O)OC1CCC(Nc2ncc3c(Br)ccn3n2)CC1. The highest BCUT2D eigenvalue weighted by Crippen LogP contribution is 2.24. The molecule has 2 aromatic rings. The molecule has 0 unspecified atom stereocenters. The largest absolute Gasteiger partial charge is 0.350 e. The van der Waals surface area contributed by atoms with Gasteiger partial charge in [0.1, 0.15) is 0 Å². The number of hydrogen-bond donors (Lipinski definition) is 1. The monoisotopic (exact) mass is 388 g/mol. The number of hydrogen-bond acceptors (Lipinski definition) is 6. The number of fused-ring (bicyclic) bond motifs is 1. The normalized spacial score (nSPS) is 22.8. The minimum absolute atomic E-state index is 0.211. The third-order valence-corrected chi connectivity index (χ3v) is 4.98. The zero-order chi connectivity index (χ0) is 15.7. The van der Waals surface area contributed by atoms with Crippen molar-refractivity contribution in [3.63, 3.8) is 0 Å². The fourth-order valence-corrected chi connectivity index (χ4v) is 3.76. The van der Waals surface area contributed by atoms with Gasteiger partial charge in [0.25, 0.3) is 10.1 Å². The van der Waals surface area contributed by atoms with E-state index in [0.717, 1.165) is 29.1 Å². The van der Waals surface area contributed by atoms with Crippen LogP contribution in [0.2, 0.25) is 0 Å². The summed E-state index contributed by atoms with van der Waals surface area (Å²) in [5.74, 6) is 0.572. The first-order valence-electron chi connectivity index (χ1n) is 7.05. The lowest BCUT2D eigenvalue weighted by Crippen LogP contribution is -2.31. The van der Waals surface area contributed by atoms with Gasteiger partial charge in [0.2, 0.25) is 5.95 Å². The molecular weight excluding hydrogens is 372 g/mol. The van der Waals surface area contributed by atoms with Gasteiger partial charge in [0.05, 0.1) is 24.1 Å². The highest BCUT2D eigenvalue weighted by atomic mass is 79.9. The van der Waals surface area contributed by atoms with Gasteiger partial charge in [-0.15, -0.1) is 5.10 Å². The summed E-state index contributed by atoms with van der Waals surface area (Å²) in [5, 5.41) is 7.71. The Labute approximate surface area is 137 Å². The molecule has 0 aromatic carbocycles. The van der Waals surface area contributed by atoms with E-state index in [1.807, 2.05) is 12.3 Å². The van der Waals surface area contributed by atoms with Crippen molar-refractivity contribution >= 4 is 37.5 Å². The second-order valence-electron chi connectivity index (χ2n) is 5.49. The molecule has 0 aliphatic heterocycles. The lowest BCUT2D eigenvalue weighted by Gasteiger charge is -2.28. The lowest BCUT2D eigenvalue weighted by molar-refractivity contribution is 0.158. The number of aromatic nitrogens is 3. The Balaban J connectivity index is 1.59. The summed E-state index contributed by atoms with van der Waals surface area (Å²) in [5.41, 5.74) is 0.913. The van der Waals surface area contributed by atoms with E-state index in [9.17, 15) is 8.42 Å². The summed E-state index contributed by atoms with van der Waals surface area (Å²) in [6.07, 6.45) is 7.59. The maximum atomic E-state index is 11.1. The van der Waals surface area contributed by atoms with Crippen LogP contribution in [0.1, 0.15) is 25.7 Å². The van der Waals surface area contributed by atoms with Crippen molar-refractivity contribution in [3.8, 4) is 0 Å². The summed E-state index contributed by atoms with van der Waals surface area (Å²) >= 11 is 3.44. The first-order valence-corrected chi connectivity index (χ1v) is 9.66. The lowest BCUT2D eigenvalue weighted by atomic mass is 9.93. The van der Waals surface area contributed by atoms with Crippen molar-refractivity contribution in [2.24, 2.45) is 0 Å². The molecular formula is C13H17BrN4O3S. The van der Waals surface area contributed by atoms with E-state index >= 15 is 0 Å². The molecule has 0 amide bonds. The highest BCUT2D eigenvalue weighted by molar-refractivity contribution is 9.10. The van der Waals surface area contributed by atoms with Crippen molar-refractivity contribution < 1.29 is 12.6 Å². The minimum Gasteiger partial charge on any atom is -0.350 e. The molecule has 1 aliphatic carbocycles. The summed E-state index contributed by atoms with van der Waals surface area (Å²) < 4.78 is 30.0. The van der Waals surface area contributed by atoms with Crippen molar-refractivity contribution in [2.75, 3.05) is 11.6 Å². The molecule has 120 valence electrons. The van der Waals surface area contributed by atoms with Crippen molar-refractivity contribution in [1.29, 1.82) is 0 Å². The van der Waals surface area contributed by atoms with E-state index in [4.69, 9.17) is 4.18 Å². The molecule has 9 heteroatoms. The van der Waals surface area contributed by atoms with E-state index in [0.29, 0.717) is 18.8 Å². The van der Waals surface area contributed by atoms with Crippen LogP contribution in [0.25, 0.3) is 5.52 Å². The van der Waals surface area contributed by atoms with Crippen molar-refractivity contribution in [1.82, 2.24) is 14.6 Å². The molecule has 3 rings (SSSR count). The van der Waals surface area contributed by atoms with E-state index in [-0.39, 0.29) is 12.1 Å². The Kier molecular flexibility index (Phi) is 4.37. The van der Waals surface area contributed by atoms with Gasteiger partial charge in [-0.05, 0) is 47.7 Å². The fourth-order valence-electron chi connectivity index (χ4n) is 2.67. The maximum Gasteiger partial charge on any atom is 0.264 e. The number of nitrogens with one attached hydrogen (secondary N) is 1. The summed E-state index contributed by atoms with van der Waals surface area (Å²) in [4.78, 5) is 4.31. The first-order chi connectivity index (χ1) is 10.4. The van der Waals surface area contributed by atoms with Gasteiger partial charge in [-0.1, -0.05) is 0 Å². The standard InChI is InChI=1S/C13H17BrN4O3S/c1-22(19,20)21-10-4-2-9(3-5-10)16-13-15-8-12-11(14)6-7-18(12)17-13/h6-10H,2-5H2,1H3,(H,16,17). The molecule has 1 saturated carbocycles. The van der Waals surface area contributed by atoms with Crippen LogP contribution >= 0.6 is 15.9 Å². The van der Waals surface area contributed by atoms with Crippen LogP contribution in [0, 0.1) is 0 Å². The predicted molar refractivity (Wildman–Crippen MR) is 86.3 cm³/mol. The van der Waals surface area contributed by atoms with Crippen LogP contribution in [0.5, 0.6) is 0 Å². The molecule has 0 spiro atoms. The number of rotatable bonds is 4. The summed E-state index contributed by atoms with van der Waals surface area (Å²) in [7, 11) is -3.37. The van der Waals surface area contributed by atoms with Crippen LogP contribution in [-0.2, 0) is 14.3 Å². The third kappa shape index (κ3) is 3.76. The van der Waals surface area contributed by atoms with Gasteiger partial charge in [-0.2, -0.15) is 8.42 Å². The molecule has 2 aromatic heterocycles. The van der Waals surface area contributed by atoms with Crippen LogP contribution in [0.15, 0.2) is 22.9 Å². The molecule has 0 saturated heterocycles. The summed E-state index contributed by atoms with van der Waals surface area (Å²) in [6, 6.07) is 2.15. The van der Waals surface area contributed by atoms with E-state index in [1.54, 1.807) is 10.7 Å². The Morgan fingerprint density at radius 2 is 2.09 bits per heavy atom. The average Bonchev–Trinajstić information content (AvgIpc) is 2.81. The van der Waals surface area contributed by atoms with Gasteiger partial charge >= 0.3 is 0 Å². The molecule has 1 aliphatic rings. The molecule has 0 atom stereocenters. The first kappa shape index (κ1) is 15.7. The molecule has 2 heterocycles. The number of anilines is 1. The van der Waals surface area contributed by atoms with E-state index in [2.05, 4.69) is 31.3 Å². The van der Waals surface area contributed by atoms with Gasteiger partial charge < -0.3 is 5.32 Å².